The molecule has 1 aliphatic carbocycles. The summed E-state index contributed by atoms with van der Waals surface area (Å²) in [6, 6.07) is 0.420. The van der Waals surface area contributed by atoms with Gasteiger partial charge >= 0.3 is 0 Å². The standard InChI is InChI=1S/C18H26INS/c1-4-14(2)10-8-6-5-7-9-11-15-13-21-17(20-15)16-12-18(16,3)19/h6,8-11,15-16H,4-5,7,12-13H2,1-3H3/b8-6+,11-9-,14-10+/t15?,16-,18+/m0/s1. The highest BCUT2D eigenvalue weighted by Crippen LogP contribution is 2.54. The van der Waals surface area contributed by atoms with Crippen molar-refractivity contribution >= 4 is 39.4 Å². The minimum Gasteiger partial charge on any atom is -0.274 e. The Bertz CT molecular complexity index is 474. The molecule has 2 aliphatic rings. The molecule has 0 amide bonds. The molecular formula is C18H26INS. The molecule has 0 spiro atoms. The van der Waals surface area contributed by atoms with Gasteiger partial charge in [0.2, 0.25) is 0 Å². The monoisotopic (exact) mass is 415 g/mol. The Kier molecular flexibility index (Phi) is 6.60. The van der Waals surface area contributed by atoms with Gasteiger partial charge in [-0.2, -0.15) is 0 Å². The number of unbranched alkanes of at least 4 members (excludes halogenated alkanes) is 1. The number of hydrogen-bond acceptors (Lipinski definition) is 2. The summed E-state index contributed by atoms with van der Waals surface area (Å²) in [7, 11) is 0. The van der Waals surface area contributed by atoms with Crippen LogP contribution >= 0.6 is 34.4 Å². The van der Waals surface area contributed by atoms with E-state index >= 15 is 0 Å². The first kappa shape index (κ1) is 17.3. The zero-order valence-corrected chi connectivity index (χ0v) is 16.3. The van der Waals surface area contributed by atoms with Crippen molar-refractivity contribution in [3.05, 3.63) is 36.0 Å². The molecule has 0 bridgehead atoms. The molecule has 0 aromatic heterocycles. The number of aliphatic imine (C=N–C) groups is 1. The van der Waals surface area contributed by atoms with Gasteiger partial charge in [-0.15, -0.1) is 11.8 Å². The zero-order valence-electron chi connectivity index (χ0n) is 13.3. The lowest BCUT2D eigenvalue weighted by atomic mass is 10.2. The predicted octanol–water partition coefficient (Wildman–Crippen LogP) is 5.96. The number of hydrogen-bond donors (Lipinski definition) is 0. The van der Waals surface area contributed by atoms with Gasteiger partial charge in [0, 0.05) is 15.1 Å². The quantitative estimate of drug-likeness (QED) is 0.164. The zero-order chi connectivity index (χ0) is 15.3. The summed E-state index contributed by atoms with van der Waals surface area (Å²) < 4.78 is 0.483. The number of halogens is 1. The Balaban J connectivity index is 1.67. The molecule has 1 heterocycles. The average Bonchev–Trinajstić information content (AvgIpc) is 2.88. The van der Waals surface area contributed by atoms with Gasteiger partial charge in [0.05, 0.1) is 11.1 Å². The van der Waals surface area contributed by atoms with E-state index in [0.717, 1.165) is 30.9 Å². The third-order valence-electron chi connectivity index (χ3n) is 4.10. The van der Waals surface area contributed by atoms with E-state index in [1.165, 1.54) is 17.0 Å². The molecule has 0 aromatic carbocycles. The second-order valence-electron chi connectivity index (χ2n) is 6.18. The van der Waals surface area contributed by atoms with E-state index in [9.17, 15) is 0 Å². The highest BCUT2D eigenvalue weighted by Gasteiger charge is 2.51. The molecule has 0 radical (unpaired) electrons. The Morgan fingerprint density at radius 1 is 1.43 bits per heavy atom. The number of alkyl halides is 1. The fourth-order valence-electron chi connectivity index (χ4n) is 2.27. The van der Waals surface area contributed by atoms with Gasteiger partial charge < -0.3 is 0 Å². The first-order valence-corrected chi connectivity index (χ1v) is 9.97. The van der Waals surface area contributed by atoms with Crippen LogP contribution in [0.25, 0.3) is 0 Å². The molecule has 1 nitrogen and oxygen atoms in total. The summed E-state index contributed by atoms with van der Waals surface area (Å²) in [5.74, 6) is 1.88. The number of rotatable bonds is 7. The summed E-state index contributed by atoms with van der Waals surface area (Å²) in [5.41, 5.74) is 1.44. The number of allylic oxidation sites excluding steroid dienone is 5. The molecule has 0 saturated heterocycles. The minimum absolute atomic E-state index is 0.420. The Morgan fingerprint density at radius 2 is 2.14 bits per heavy atom. The number of nitrogens with zero attached hydrogens (tertiary/aromatic N) is 1. The van der Waals surface area contributed by atoms with Crippen molar-refractivity contribution in [2.24, 2.45) is 10.9 Å². The van der Waals surface area contributed by atoms with Crippen LogP contribution in [0.4, 0.5) is 0 Å². The lowest BCUT2D eigenvalue weighted by Crippen LogP contribution is -2.01. The van der Waals surface area contributed by atoms with Gasteiger partial charge in [-0.1, -0.05) is 65.5 Å². The van der Waals surface area contributed by atoms with Crippen molar-refractivity contribution in [3.63, 3.8) is 0 Å². The van der Waals surface area contributed by atoms with Gasteiger partial charge in [0.25, 0.3) is 0 Å². The van der Waals surface area contributed by atoms with Crippen LogP contribution in [0.2, 0.25) is 0 Å². The SMILES string of the molecule is CC/C(C)=C/C=C/CC/C=C\C1CSC([C@@H]2C[C@@]2(C)I)=N1. The first-order chi connectivity index (χ1) is 10.0. The van der Waals surface area contributed by atoms with E-state index in [-0.39, 0.29) is 0 Å². The maximum atomic E-state index is 4.87. The van der Waals surface area contributed by atoms with Crippen molar-refractivity contribution in [1.82, 2.24) is 0 Å². The van der Waals surface area contributed by atoms with E-state index in [0.29, 0.717) is 9.46 Å². The van der Waals surface area contributed by atoms with E-state index < -0.39 is 0 Å². The maximum Gasteiger partial charge on any atom is 0.0783 e. The average molecular weight is 415 g/mol. The molecule has 1 aliphatic heterocycles. The highest BCUT2D eigenvalue weighted by molar-refractivity contribution is 14.1. The topological polar surface area (TPSA) is 12.4 Å². The van der Waals surface area contributed by atoms with Crippen molar-refractivity contribution in [3.8, 4) is 0 Å². The normalized spacial score (nSPS) is 33.1. The van der Waals surface area contributed by atoms with Crippen LogP contribution in [0.15, 0.2) is 40.9 Å². The smallest absolute Gasteiger partial charge is 0.0783 e. The van der Waals surface area contributed by atoms with E-state index in [2.05, 4.69) is 73.7 Å². The summed E-state index contributed by atoms with van der Waals surface area (Å²) >= 11 is 4.55. The van der Waals surface area contributed by atoms with E-state index in [1.54, 1.807) is 0 Å². The van der Waals surface area contributed by atoms with Crippen LogP contribution in [-0.4, -0.2) is 20.3 Å². The van der Waals surface area contributed by atoms with Crippen LogP contribution in [0.3, 0.4) is 0 Å². The van der Waals surface area contributed by atoms with Crippen molar-refractivity contribution in [1.29, 1.82) is 0 Å². The second kappa shape index (κ2) is 8.00. The lowest BCUT2D eigenvalue weighted by Gasteiger charge is -1.99. The first-order valence-electron chi connectivity index (χ1n) is 7.91. The van der Waals surface area contributed by atoms with Gasteiger partial charge in [-0.05, 0) is 39.5 Å². The largest absolute Gasteiger partial charge is 0.274 e. The molecule has 3 heteroatoms. The van der Waals surface area contributed by atoms with Crippen molar-refractivity contribution in [2.45, 2.75) is 55.9 Å². The fraction of sp³-hybridized carbons (Fsp3) is 0.611. The minimum atomic E-state index is 0.420. The molecule has 21 heavy (non-hydrogen) atoms. The van der Waals surface area contributed by atoms with E-state index in [1.807, 2.05) is 11.8 Å². The van der Waals surface area contributed by atoms with Crippen LogP contribution in [0.5, 0.6) is 0 Å². The molecule has 2 rings (SSSR count). The summed E-state index contributed by atoms with van der Waals surface area (Å²) in [6.45, 7) is 6.71. The number of thioether (sulfide) groups is 1. The molecule has 0 aromatic rings. The second-order valence-corrected chi connectivity index (χ2v) is 9.69. The van der Waals surface area contributed by atoms with Crippen LogP contribution in [-0.2, 0) is 0 Å². The van der Waals surface area contributed by atoms with Crippen LogP contribution in [0, 0.1) is 5.92 Å². The third kappa shape index (κ3) is 5.59. The van der Waals surface area contributed by atoms with Gasteiger partial charge in [0.15, 0.2) is 0 Å². The summed E-state index contributed by atoms with van der Waals surface area (Å²) in [4.78, 5) is 4.87. The maximum absolute atomic E-state index is 4.87. The molecule has 1 saturated carbocycles. The van der Waals surface area contributed by atoms with Crippen molar-refractivity contribution in [2.75, 3.05) is 5.75 Å². The fourth-order valence-corrected chi connectivity index (χ4v) is 4.50. The van der Waals surface area contributed by atoms with Gasteiger partial charge in [-0.25, -0.2) is 0 Å². The summed E-state index contributed by atoms with van der Waals surface area (Å²) in [6.07, 6.45) is 15.9. The lowest BCUT2D eigenvalue weighted by molar-refractivity contribution is 0.928. The molecule has 3 atom stereocenters. The Morgan fingerprint density at radius 3 is 2.81 bits per heavy atom. The molecule has 116 valence electrons. The third-order valence-corrected chi connectivity index (χ3v) is 6.48. The molecule has 0 N–H and O–H groups in total. The Hall–Kier alpha value is -0.0300. The van der Waals surface area contributed by atoms with Crippen molar-refractivity contribution < 1.29 is 0 Å². The van der Waals surface area contributed by atoms with Gasteiger partial charge in [0.1, 0.15) is 0 Å². The summed E-state index contributed by atoms with van der Waals surface area (Å²) in [5, 5.41) is 1.40. The molecular weight excluding hydrogens is 389 g/mol. The predicted molar refractivity (Wildman–Crippen MR) is 106 cm³/mol. The Labute approximate surface area is 147 Å². The van der Waals surface area contributed by atoms with E-state index in [4.69, 9.17) is 4.99 Å². The van der Waals surface area contributed by atoms with Crippen LogP contribution < -0.4 is 0 Å². The van der Waals surface area contributed by atoms with Crippen LogP contribution in [0.1, 0.15) is 46.5 Å². The molecule has 1 fully saturated rings. The molecule has 1 unspecified atom stereocenters. The van der Waals surface area contributed by atoms with Gasteiger partial charge in [-0.3, -0.25) is 4.99 Å². The highest BCUT2D eigenvalue weighted by atomic mass is 127.